The molecule has 0 unspecified atom stereocenters. The summed E-state index contributed by atoms with van der Waals surface area (Å²) in [6.45, 7) is 3.58. The topological polar surface area (TPSA) is 0 Å². The van der Waals surface area contributed by atoms with E-state index in [0.29, 0.717) is 0 Å². The molecule has 0 saturated carbocycles. The minimum atomic E-state index is 1.16. The number of hydrogen-bond acceptors (Lipinski definition) is 0. The zero-order valence-electron chi connectivity index (χ0n) is 7.34. The summed E-state index contributed by atoms with van der Waals surface area (Å²) in [5, 5.41) is 0. The van der Waals surface area contributed by atoms with Crippen molar-refractivity contribution in [3.05, 3.63) is 36.5 Å². The molecule has 0 amide bonds. The Bertz CT molecular complexity index is 255. The Balaban J connectivity index is 2.46. The summed E-state index contributed by atoms with van der Waals surface area (Å²) in [6, 6.07) is 0. The van der Waals surface area contributed by atoms with Crippen LogP contribution in [0.15, 0.2) is 36.5 Å². The molecule has 0 spiro atoms. The Labute approximate surface area is 74.7 Å². The van der Waals surface area contributed by atoms with Crippen molar-refractivity contribution in [1.29, 1.82) is 0 Å². The zero-order chi connectivity index (χ0) is 8.65. The van der Waals surface area contributed by atoms with Crippen molar-refractivity contribution in [3.63, 3.8) is 0 Å². The molecule has 0 saturated heterocycles. The van der Waals surface area contributed by atoms with Gasteiger partial charge in [-0.3, -0.25) is 0 Å². The number of rotatable bonds is 1. The summed E-state index contributed by atoms with van der Waals surface area (Å²) in [5.74, 6) is 6.12. The molecule has 1 aliphatic rings. The minimum Gasteiger partial charge on any atom is -0.0990 e. The molecule has 0 aromatic carbocycles. The van der Waals surface area contributed by atoms with Gasteiger partial charge in [-0.15, -0.1) is 0 Å². The highest BCUT2D eigenvalue weighted by molar-refractivity contribution is 5.34. The van der Waals surface area contributed by atoms with Crippen LogP contribution in [0.5, 0.6) is 0 Å². The van der Waals surface area contributed by atoms with E-state index in [1.165, 1.54) is 24.8 Å². The van der Waals surface area contributed by atoms with Crippen molar-refractivity contribution in [2.45, 2.75) is 25.7 Å². The lowest BCUT2D eigenvalue weighted by Crippen LogP contribution is -1.87. The van der Waals surface area contributed by atoms with E-state index < -0.39 is 0 Å². The van der Waals surface area contributed by atoms with Crippen LogP contribution in [0.1, 0.15) is 25.7 Å². The fourth-order valence-electron chi connectivity index (χ4n) is 1.20. The van der Waals surface area contributed by atoms with Gasteiger partial charge in [0.2, 0.25) is 0 Å². The Kier molecular flexibility index (Phi) is 4.02. The fraction of sp³-hybridized carbons (Fsp3) is 0.333. The van der Waals surface area contributed by atoms with E-state index in [-0.39, 0.29) is 0 Å². The normalized spacial score (nSPS) is 16.5. The third-order valence-electron chi connectivity index (χ3n) is 1.84. The van der Waals surface area contributed by atoms with E-state index in [2.05, 4.69) is 24.5 Å². The van der Waals surface area contributed by atoms with Gasteiger partial charge in [-0.2, -0.15) is 0 Å². The smallest absolute Gasteiger partial charge is 0.00160 e. The Morgan fingerprint density at radius 1 is 1.42 bits per heavy atom. The molecule has 0 aromatic rings. The SMILES string of the molecule is C=C/C=C/C#CC1=CCCCC1. The molecule has 0 nitrogen and oxygen atoms in total. The predicted octanol–water partition coefficient (Wildman–Crippen LogP) is 3.23. The molecule has 1 rings (SSSR count). The minimum absolute atomic E-state index is 1.16. The van der Waals surface area contributed by atoms with Gasteiger partial charge in [0.25, 0.3) is 0 Å². The maximum absolute atomic E-state index is 3.58. The summed E-state index contributed by atoms with van der Waals surface area (Å²) in [5.41, 5.74) is 1.30. The van der Waals surface area contributed by atoms with Gasteiger partial charge < -0.3 is 0 Å². The molecule has 0 fully saturated rings. The molecule has 1 aliphatic carbocycles. The third-order valence-corrected chi connectivity index (χ3v) is 1.84. The quantitative estimate of drug-likeness (QED) is 0.406. The molecule has 12 heavy (non-hydrogen) atoms. The average molecular weight is 158 g/mol. The molecule has 0 heterocycles. The van der Waals surface area contributed by atoms with Crippen LogP contribution in [0.4, 0.5) is 0 Å². The lowest BCUT2D eigenvalue weighted by Gasteiger charge is -2.05. The van der Waals surface area contributed by atoms with Crippen molar-refractivity contribution in [1.82, 2.24) is 0 Å². The van der Waals surface area contributed by atoms with Gasteiger partial charge in [-0.05, 0) is 37.3 Å². The summed E-state index contributed by atoms with van der Waals surface area (Å²) in [6.07, 6.45) is 12.7. The highest BCUT2D eigenvalue weighted by Gasteiger charge is 1.98. The molecule has 0 aliphatic heterocycles. The van der Waals surface area contributed by atoms with E-state index >= 15 is 0 Å². The summed E-state index contributed by atoms with van der Waals surface area (Å²) in [4.78, 5) is 0. The maximum atomic E-state index is 3.58. The highest BCUT2D eigenvalue weighted by atomic mass is 14.0. The van der Waals surface area contributed by atoms with Crippen molar-refractivity contribution in [3.8, 4) is 11.8 Å². The van der Waals surface area contributed by atoms with Crippen molar-refractivity contribution in [2.24, 2.45) is 0 Å². The van der Waals surface area contributed by atoms with Gasteiger partial charge >= 0.3 is 0 Å². The molecule has 62 valence electrons. The molecule has 0 radical (unpaired) electrons. The second-order valence-corrected chi connectivity index (χ2v) is 2.84. The standard InChI is InChI=1S/C12H14/c1-2-3-4-6-9-12-10-7-5-8-11-12/h2-4,10H,1,5,7-8,11H2/b4-3+. The van der Waals surface area contributed by atoms with Crippen LogP contribution in [0.3, 0.4) is 0 Å². The van der Waals surface area contributed by atoms with Gasteiger partial charge in [-0.25, -0.2) is 0 Å². The van der Waals surface area contributed by atoms with E-state index in [9.17, 15) is 0 Å². The van der Waals surface area contributed by atoms with Crippen LogP contribution >= 0.6 is 0 Å². The molecular weight excluding hydrogens is 144 g/mol. The Hall–Kier alpha value is -1.22. The van der Waals surface area contributed by atoms with Gasteiger partial charge in [0, 0.05) is 0 Å². The third kappa shape index (κ3) is 3.25. The largest absolute Gasteiger partial charge is 0.0990 e. The zero-order valence-corrected chi connectivity index (χ0v) is 7.34. The Morgan fingerprint density at radius 3 is 3.00 bits per heavy atom. The van der Waals surface area contributed by atoms with Gasteiger partial charge in [-0.1, -0.05) is 36.6 Å². The van der Waals surface area contributed by atoms with E-state index in [1.807, 2.05) is 12.2 Å². The average Bonchev–Trinajstić information content (AvgIpc) is 2.14. The highest BCUT2D eigenvalue weighted by Crippen LogP contribution is 2.15. The lowest BCUT2D eigenvalue weighted by molar-refractivity contribution is 0.715. The summed E-state index contributed by atoms with van der Waals surface area (Å²) in [7, 11) is 0. The predicted molar refractivity (Wildman–Crippen MR) is 53.7 cm³/mol. The molecule has 0 bridgehead atoms. The first-order valence-electron chi connectivity index (χ1n) is 4.41. The van der Waals surface area contributed by atoms with Crippen LogP contribution in [0, 0.1) is 11.8 Å². The van der Waals surface area contributed by atoms with Gasteiger partial charge in [0.05, 0.1) is 0 Å². The molecule has 0 heteroatoms. The lowest BCUT2D eigenvalue weighted by atomic mass is 10.0. The van der Waals surface area contributed by atoms with Gasteiger partial charge in [0.15, 0.2) is 0 Å². The van der Waals surface area contributed by atoms with Crippen LogP contribution < -0.4 is 0 Å². The fourth-order valence-corrected chi connectivity index (χ4v) is 1.20. The molecule has 0 N–H and O–H groups in total. The first kappa shape index (κ1) is 8.87. The van der Waals surface area contributed by atoms with Crippen LogP contribution in [0.25, 0.3) is 0 Å². The first-order chi connectivity index (χ1) is 5.93. The van der Waals surface area contributed by atoms with Crippen molar-refractivity contribution in [2.75, 3.05) is 0 Å². The van der Waals surface area contributed by atoms with E-state index in [1.54, 1.807) is 6.08 Å². The Morgan fingerprint density at radius 2 is 2.33 bits per heavy atom. The second kappa shape index (κ2) is 5.43. The van der Waals surface area contributed by atoms with Gasteiger partial charge in [0.1, 0.15) is 0 Å². The van der Waals surface area contributed by atoms with Crippen molar-refractivity contribution < 1.29 is 0 Å². The molecule has 0 aromatic heterocycles. The first-order valence-corrected chi connectivity index (χ1v) is 4.41. The van der Waals surface area contributed by atoms with Crippen molar-refractivity contribution >= 4 is 0 Å². The monoisotopic (exact) mass is 158 g/mol. The van der Waals surface area contributed by atoms with Crippen LogP contribution in [-0.2, 0) is 0 Å². The van der Waals surface area contributed by atoms with E-state index in [4.69, 9.17) is 0 Å². The summed E-state index contributed by atoms with van der Waals surface area (Å²) >= 11 is 0. The molecule has 0 atom stereocenters. The molecular formula is C12H14. The van der Waals surface area contributed by atoms with Crippen LogP contribution in [-0.4, -0.2) is 0 Å². The number of allylic oxidation sites excluding steroid dienone is 5. The van der Waals surface area contributed by atoms with E-state index in [0.717, 1.165) is 6.42 Å². The summed E-state index contributed by atoms with van der Waals surface area (Å²) < 4.78 is 0. The number of hydrogen-bond donors (Lipinski definition) is 0. The second-order valence-electron chi connectivity index (χ2n) is 2.84. The maximum Gasteiger partial charge on any atom is -0.00160 e. The van der Waals surface area contributed by atoms with Crippen LogP contribution in [0.2, 0.25) is 0 Å².